The van der Waals surface area contributed by atoms with Gasteiger partial charge in [-0.3, -0.25) is 9.59 Å². The number of nitrogens with two attached hydrogens (primary N) is 1. The van der Waals surface area contributed by atoms with Crippen LogP contribution in [0, 0.1) is 17.8 Å². The van der Waals surface area contributed by atoms with E-state index in [1.165, 1.54) is 41.9 Å². The van der Waals surface area contributed by atoms with Gasteiger partial charge in [0.05, 0.1) is 20.1 Å². The van der Waals surface area contributed by atoms with Crippen molar-refractivity contribution in [3.8, 4) is 11.5 Å². The minimum absolute atomic E-state index is 0.0554. The van der Waals surface area contributed by atoms with Crippen LogP contribution in [0.3, 0.4) is 0 Å². The molecule has 7 rings (SSSR count). The predicted octanol–water partition coefficient (Wildman–Crippen LogP) is 7.70. The molecular weight excluding hydrogens is 761 g/mol. The third-order valence-corrected chi connectivity index (χ3v) is 12.9. The molecule has 320 valence electrons. The van der Waals surface area contributed by atoms with Crippen LogP contribution in [0.5, 0.6) is 11.5 Å². The minimum atomic E-state index is -0.435. The first-order valence-electron chi connectivity index (χ1n) is 22.2. The van der Waals surface area contributed by atoms with Crippen molar-refractivity contribution in [3.05, 3.63) is 148 Å². The molecule has 3 aromatic carbocycles. The smallest absolute Gasteiger partial charge is 0.163 e. The number of allylic oxidation sites excluding steroid dienone is 1. The zero-order valence-corrected chi connectivity index (χ0v) is 35.6. The summed E-state index contributed by atoms with van der Waals surface area (Å²) in [5, 5.41) is 28.8. The molecule has 0 radical (unpaired) electrons. The number of piperidine rings is 1. The number of rotatable bonds is 20. The number of nitrogens with one attached hydrogen (secondary N) is 2. The summed E-state index contributed by atoms with van der Waals surface area (Å²) >= 11 is 0. The molecule has 0 saturated carbocycles. The monoisotopic (exact) mass is 822 g/mol. The number of pyridine rings is 1. The fourth-order valence-electron chi connectivity index (χ4n) is 9.79. The Morgan fingerprint density at radius 3 is 2.51 bits per heavy atom. The number of phenols is 1. The number of hydrogen-bond acceptors (Lipinski definition) is 9. The van der Waals surface area contributed by atoms with Gasteiger partial charge in [-0.1, -0.05) is 85.7 Å². The Morgan fingerprint density at radius 1 is 0.918 bits per heavy atom. The molecule has 1 aromatic heterocycles. The number of ether oxygens (including phenoxy) is 1. The number of benzene rings is 3. The Balaban J connectivity index is 0.965. The number of anilines is 1. The van der Waals surface area contributed by atoms with Crippen molar-refractivity contribution in [1.29, 1.82) is 0 Å². The summed E-state index contributed by atoms with van der Waals surface area (Å²) in [6.45, 7) is 2.61. The maximum atomic E-state index is 13.4. The second kappa shape index (κ2) is 21.4. The molecule has 4 aromatic rings. The van der Waals surface area contributed by atoms with Crippen LogP contribution in [0.25, 0.3) is 5.57 Å². The highest BCUT2D eigenvalue weighted by Crippen LogP contribution is 2.41. The Hall–Kier alpha value is -5.35. The van der Waals surface area contributed by atoms with Gasteiger partial charge in [0.1, 0.15) is 11.6 Å². The molecule has 2 aliphatic heterocycles. The number of carbonyl (C=O) groups is 2. The van der Waals surface area contributed by atoms with Gasteiger partial charge in [-0.2, -0.15) is 0 Å². The van der Waals surface area contributed by atoms with Crippen molar-refractivity contribution in [2.45, 2.75) is 83.1 Å². The molecule has 3 aliphatic rings. The third-order valence-electron chi connectivity index (χ3n) is 12.9. The van der Waals surface area contributed by atoms with Crippen molar-refractivity contribution < 1.29 is 24.5 Å². The fraction of sp³-hybridized carbons (Fsp3) is 0.404. The maximum absolute atomic E-state index is 13.4. The van der Waals surface area contributed by atoms with E-state index < -0.39 is 6.61 Å². The zero-order valence-electron chi connectivity index (χ0n) is 35.6. The third kappa shape index (κ3) is 11.7. The second-order valence-electron chi connectivity index (χ2n) is 17.1. The highest BCUT2D eigenvalue weighted by Gasteiger charge is 2.40. The summed E-state index contributed by atoms with van der Waals surface area (Å²) < 4.78 is 5.45. The number of unbranched alkanes of at least 4 members (excludes halogenated alkanes) is 2. The molecule has 3 heterocycles. The van der Waals surface area contributed by atoms with E-state index in [0.29, 0.717) is 59.2 Å². The van der Waals surface area contributed by atoms with Gasteiger partial charge in [0.15, 0.2) is 17.3 Å². The van der Waals surface area contributed by atoms with Gasteiger partial charge in [-0.05, 0) is 150 Å². The molecule has 9 heteroatoms. The standard InChI is InChI=1S/C52H62N4O5/c1-61-50-31-48(43(34-57)27-45(59)30-44(58)15-6-3-7-16-47-46-21-23-54-32-42(46)25-39-14-9-22-55-52(39)47)40(28-49(50)60)26-41-33-56-51(53)29-38(41)20-19-37-13-8-12-36(24-37)18-17-35-10-4-2-5-11-35/h2,4-5,8-14,24-25,27-29,31,33,42,46-47,52,54-55,57,60H,3,6-7,15-23,26,30,32,34H2,1H3,(H2,53,56)/b43-27+/t42-,46+,47-,52+/m0/s1. The number of aromatic nitrogens is 1. The minimum Gasteiger partial charge on any atom is -0.504 e. The number of aliphatic hydroxyl groups excluding tert-OH is 1. The number of methoxy groups -OCH3 is 1. The summed E-state index contributed by atoms with van der Waals surface area (Å²) in [7, 11) is 1.46. The largest absolute Gasteiger partial charge is 0.504 e. The Morgan fingerprint density at radius 2 is 1.70 bits per heavy atom. The molecule has 0 bridgehead atoms. The van der Waals surface area contributed by atoms with Crippen molar-refractivity contribution in [3.63, 3.8) is 0 Å². The number of fused-ring (bicyclic) bond motifs is 2. The normalized spacial score (nSPS) is 19.8. The molecule has 61 heavy (non-hydrogen) atoms. The zero-order chi connectivity index (χ0) is 42.6. The Labute approximate surface area is 361 Å². The molecule has 1 fully saturated rings. The Kier molecular flexibility index (Phi) is 15.4. The van der Waals surface area contributed by atoms with E-state index in [0.717, 1.165) is 82.1 Å². The van der Waals surface area contributed by atoms with E-state index in [2.05, 4.69) is 82.4 Å². The van der Waals surface area contributed by atoms with Crippen molar-refractivity contribution in [2.24, 2.45) is 17.8 Å². The lowest BCUT2D eigenvalue weighted by Crippen LogP contribution is -2.51. The van der Waals surface area contributed by atoms with Crippen molar-refractivity contribution >= 4 is 23.0 Å². The highest BCUT2D eigenvalue weighted by atomic mass is 16.5. The number of ketones is 2. The first kappa shape index (κ1) is 43.7. The van der Waals surface area contributed by atoms with E-state index in [4.69, 9.17) is 10.5 Å². The summed E-state index contributed by atoms with van der Waals surface area (Å²) in [4.78, 5) is 30.8. The van der Waals surface area contributed by atoms with E-state index in [9.17, 15) is 19.8 Å². The van der Waals surface area contributed by atoms with Crippen LogP contribution in [0.1, 0.15) is 83.9 Å². The molecule has 0 unspecified atom stereocenters. The summed E-state index contributed by atoms with van der Waals surface area (Å²) in [6, 6.07) is 24.8. The van der Waals surface area contributed by atoms with E-state index in [1.807, 2.05) is 12.1 Å². The predicted molar refractivity (Wildman–Crippen MR) is 244 cm³/mol. The van der Waals surface area contributed by atoms with Gasteiger partial charge in [0.25, 0.3) is 0 Å². The highest BCUT2D eigenvalue weighted by molar-refractivity contribution is 6.07. The van der Waals surface area contributed by atoms with E-state index >= 15 is 0 Å². The maximum Gasteiger partial charge on any atom is 0.163 e. The number of aryl methyl sites for hydroxylation is 4. The quantitative estimate of drug-likeness (QED) is 0.0344. The SMILES string of the molecule is COc1cc(/C(=C/C(=O)CC(=O)CCCCC[C@H]2[C@@H]3CCNC[C@@H]3C=C3C=CCN[C@H]32)CO)c(Cc2cnc(N)cc2CCc2cccc(CCc3ccccc3)c2)cc1O. The van der Waals surface area contributed by atoms with Crippen LogP contribution >= 0.6 is 0 Å². The number of Topliss-reactive ketones (excluding diaryl/α,β-unsaturated/α-hetero) is 1. The average Bonchev–Trinajstić information content (AvgIpc) is 3.27. The van der Waals surface area contributed by atoms with Gasteiger partial charge in [-0.15, -0.1) is 0 Å². The van der Waals surface area contributed by atoms with Gasteiger partial charge < -0.3 is 31.3 Å². The number of aromatic hydroxyl groups is 1. The van der Waals surface area contributed by atoms with Gasteiger partial charge >= 0.3 is 0 Å². The number of phenolic OH excluding ortho intramolecular Hbond substituents is 1. The average molecular weight is 823 g/mol. The van der Waals surface area contributed by atoms with Crippen LogP contribution in [-0.2, 0) is 41.7 Å². The van der Waals surface area contributed by atoms with Crippen LogP contribution < -0.4 is 21.1 Å². The van der Waals surface area contributed by atoms with Crippen LogP contribution in [0.15, 0.2) is 109 Å². The van der Waals surface area contributed by atoms with Gasteiger partial charge in [-0.25, -0.2) is 4.98 Å². The molecule has 6 N–H and O–H groups in total. The molecule has 1 saturated heterocycles. The van der Waals surface area contributed by atoms with E-state index in [-0.39, 0.29) is 29.5 Å². The van der Waals surface area contributed by atoms with Crippen LogP contribution in [-0.4, -0.2) is 66.2 Å². The number of aliphatic hydroxyl groups is 1. The van der Waals surface area contributed by atoms with Gasteiger partial charge in [0.2, 0.25) is 0 Å². The Bertz CT molecular complexity index is 2230. The topological polar surface area (TPSA) is 147 Å². The second-order valence-corrected chi connectivity index (χ2v) is 17.1. The molecule has 4 atom stereocenters. The fourth-order valence-corrected chi connectivity index (χ4v) is 9.79. The van der Waals surface area contributed by atoms with Crippen molar-refractivity contribution in [1.82, 2.24) is 15.6 Å². The molecule has 1 aliphatic carbocycles. The number of carbonyl (C=O) groups excluding carboxylic acids is 2. The molecule has 9 nitrogen and oxygen atoms in total. The lowest BCUT2D eigenvalue weighted by Gasteiger charge is -2.46. The number of nitrogens with zero attached hydrogens (tertiary/aromatic N) is 1. The molecule has 0 amide bonds. The van der Waals surface area contributed by atoms with Crippen LogP contribution in [0.4, 0.5) is 5.82 Å². The first-order chi connectivity index (χ1) is 29.8. The summed E-state index contributed by atoms with van der Waals surface area (Å²) in [5.41, 5.74) is 15.0. The number of hydrogen-bond donors (Lipinski definition) is 5. The van der Waals surface area contributed by atoms with Crippen LogP contribution in [0.2, 0.25) is 0 Å². The lowest BCUT2D eigenvalue weighted by atomic mass is 9.65. The first-order valence-corrected chi connectivity index (χ1v) is 22.2. The lowest BCUT2D eigenvalue weighted by molar-refractivity contribution is -0.124. The van der Waals surface area contributed by atoms with E-state index in [1.54, 1.807) is 18.3 Å². The molecule has 0 spiro atoms. The number of nitrogen functional groups attached to an aromatic ring is 1. The summed E-state index contributed by atoms with van der Waals surface area (Å²) in [5.74, 6) is 2.00. The molecular formula is C52H62N4O5. The van der Waals surface area contributed by atoms with Gasteiger partial charge in [0, 0.05) is 31.7 Å². The summed E-state index contributed by atoms with van der Waals surface area (Å²) in [6.07, 6.45) is 19.2. The van der Waals surface area contributed by atoms with Crippen molar-refractivity contribution in [2.75, 3.05) is 39.1 Å².